The summed E-state index contributed by atoms with van der Waals surface area (Å²) in [6.07, 6.45) is 6.46. The Balaban J connectivity index is 1.38. The van der Waals surface area contributed by atoms with Gasteiger partial charge in [-0.1, -0.05) is 0 Å². The van der Waals surface area contributed by atoms with Crippen molar-refractivity contribution >= 4 is 17.5 Å². The van der Waals surface area contributed by atoms with Gasteiger partial charge in [0.1, 0.15) is 5.56 Å². The molecule has 0 radical (unpaired) electrons. The Morgan fingerprint density at radius 1 is 1.41 bits per heavy atom. The molecular formula is C18H21N5O4. The molecule has 0 aliphatic carbocycles. The van der Waals surface area contributed by atoms with Crippen LogP contribution in [-0.2, 0) is 20.8 Å². The second kappa shape index (κ2) is 6.00. The van der Waals surface area contributed by atoms with E-state index in [2.05, 4.69) is 15.0 Å². The van der Waals surface area contributed by atoms with E-state index in [-0.39, 0.29) is 11.9 Å². The normalized spacial score (nSPS) is 27.4. The van der Waals surface area contributed by atoms with E-state index in [4.69, 9.17) is 9.47 Å². The number of amides is 1. The molecule has 1 spiro atoms. The van der Waals surface area contributed by atoms with Gasteiger partial charge < -0.3 is 14.4 Å². The molecule has 0 saturated carbocycles. The van der Waals surface area contributed by atoms with Crippen LogP contribution in [0, 0.1) is 0 Å². The lowest BCUT2D eigenvalue weighted by Gasteiger charge is -2.31. The second-order valence-corrected chi connectivity index (χ2v) is 7.19. The zero-order chi connectivity index (χ0) is 18.6. The fourth-order valence-electron chi connectivity index (χ4n) is 4.65. The van der Waals surface area contributed by atoms with Crippen molar-refractivity contribution in [1.29, 1.82) is 0 Å². The van der Waals surface area contributed by atoms with Gasteiger partial charge in [-0.2, -0.15) is 5.10 Å². The van der Waals surface area contributed by atoms with Crippen LogP contribution in [-0.4, -0.2) is 74.3 Å². The first-order valence-corrected chi connectivity index (χ1v) is 9.30. The smallest absolute Gasteiger partial charge is 0.343 e. The molecule has 5 rings (SSSR count). The number of aromatic nitrogens is 3. The first-order valence-electron chi connectivity index (χ1n) is 9.30. The molecule has 0 aromatic carbocycles. The van der Waals surface area contributed by atoms with Gasteiger partial charge in [-0.15, -0.1) is 0 Å². The molecule has 9 heteroatoms. The van der Waals surface area contributed by atoms with E-state index in [1.807, 2.05) is 11.1 Å². The molecule has 3 aliphatic rings. The van der Waals surface area contributed by atoms with Crippen molar-refractivity contribution in [3.8, 4) is 0 Å². The number of hydrogen-bond acceptors (Lipinski definition) is 7. The van der Waals surface area contributed by atoms with Crippen LogP contribution in [0.25, 0.3) is 5.65 Å². The molecule has 0 unspecified atom stereocenters. The number of nitrogens with zero attached hydrogens (tertiary/aromatic N) is 5. The third-order valence-corrected chi connectivity index (χ3v) is 5.80. The lowest BCUT2D eigenvalue weighted by Crippen LogP contribution is -2.47. The summed E-state index contributed by atoms with van der Waals surface area (Å²) >= 11 is 0. The van der Waals surface area contributed by atoms with E-state index in [0.29, 0.717) is 43.9 Å². The first kappa shape index (κ1) is 16.6. The van der Waals surface area contributed by atoms with Gasteiger partial charge in [0.05, 0.1) is 25.5 Å². The van der Waals surface area contributed by atoms with E-state index in [0.717, 1.165) is 18.5 Å². The Morgan fingerprint density at radius 2 is 2.30 bits per heavy atom. The Kier molecular flexibility index (Phi) is 3.70. The van der Waals surface area contributed by atoms with E-state index >= 15 is 0 Å². The summed E-state index contributed by atoms with van der Waals surface area (Å²) in [6.45, 7) is 4.92. The topological polar surface area (TPSA) is 89.3 Å². The Morgan fingerprint density at radius 3 is 3.15 bits per heavy atom. The highest BCUT2D eigenvalue weighted by atomic mass is 16.5. The number of fused-ring (bicyclic) bond motifs is 1. The number of carbonyl (C=O) groups excluding carboxylic acids is 2. The summed E-state index contributed by atoms with van der Waals surface area (Å²) in [5.41, 5.74) is 1.38. The zero-order valence-electron chi connectivity index (χ0n) is 15.1. The van der Waals surface area contributed by atoms with Gasteiger partial charge in [-0.3, -0.25) is 9.69 Å². The average molecular weight is 371 g/mol. The molecule has 1 amide bonds. The van der Waals surface area contributed by atoms with Crippen LogP contribution in [0.2, 0.25) is 0 Å². The number of carbonyl (C=O) groups is 2. The predicted octanol–water partition coefficient (Wildman–Crippen LogP) is 0.439. The number of rotatable bonds is 4. The summed E-state index contributed by atoms with van der Waals surface area (Å²) in [5, 5.41) is 4.24. The minimum absolute atomic E-state index is 0.0795. The molecule has 142 valence electrons. The molecule has 27 heavy (non-hydrogen) atoms. The maximum Gasteiger partial charge on any atom is 0.343 e. The van der Waals surface area contributed by atoms with Gasteiger partial charge in [0, 0.05) is 50.4 Å². The van der Waals surface area contributed by atoms with Crippen LogP contribution in [0.3, 0.4) is 0 Å². The lowest BCUT2D eigenvalue weighted by molar-refractivity contribution is -0.136. The molecular weight excluding hydrogens is 350 g/mol. The number of likely N-dealkylation sites (tertiary alicyclic amines) is 1. The third kappa shape index (κ3) is 2.38. The molecule has 5 heterocycles. The maximum atomic E-state index is 12.3. The molecule has 3 saturated heterocycles. The SMILES string of the molecule is CCOC(=O)c1cnn2cc(CN3CC[C@@]45OCCN4C(=O)C[C@@H]35)cnc12. The molecule has 2 atom stereocenters. The molecule has 0 N–H and O–H groups in total. The van der Waals surface area contributed by atoms with Gasteiger partial charge in [0.25, 0.3) is 0 Å². The number of hydrogen-bond donors (Lipinski definition) is 0. The highest BCUT2D eigenvalue weighted by Crippen LogP contribution is 2.45. The maximum absolute atomic E-state index is 12.3. The first-order chi connectivity index (χ1) is 13.1. The summed E-state index contributed by atoms with van der Waals surface area (Å²) < 4.78 is 12.7. The highest BCUT2D eigenvalue weighted by molar-refractivity contribution is 5.95. The van der Waals surface area contributed by atoms with Crippen molar-refractivity contribution in [2.75, 3.05) is 26.3 Å². The average Bonchev–Trinajstić information content (AvgIpc) is 3.38. The molecule has 2 aromatic heterocycles. The van der Waals surface area contributed by atoms with Crippen molar-refractivity contribution in [1.82, 2.24) is 24.4 Å². The van der Waals surface area contributed by atoms with E-state index in [9.17, 15) is 9.59 Å². The monoisotopic (exact) mass is 371 g/mol. The van der Waals surface area contributed by atoms with Crippen LogP contribution < -0.4 is 0 Å². The molecule has 3 aliphatic heterocycles. The van der Waals surface area contributed by atoms with Crippen molar-refractivity contribution in [2.24, 2.45) is 0 Å². The third-order valence-electron chi connectivity index (χ3n) is 5.80. The van der Waals surface area contributed by atoms with Crippen molar-refractivity contribution in [3.05, 3.63) is 29.7 Å². The molecule has 2 aromatic rings. The number of ether oxygens (including phenoxy) is 2. The van der Waals surface area contributed by atoms with Gasteiger partial charge in [-0.05, 0) is 6.92 Å². The number of esters is 1. The minimum Gasteiger partial charge on any atom is -0.462 e. The van der Waals surface area contributed by atoms with Gasteiger partial charge in [0.2, 0.25) is 5.91 Å². The van der Waals surface area contributed by atoms with Gasteiger partial charge >= 0.3 is 5.97 Å². The van der Waals surface area contributed by atoms with Crippen molar-refractivity contribution < 1.29 is 19.1 Å². The summed E-state index contributed by atoms with van der Waals surface area (Å²) in [7, 11) is 0. The Hall–Kier alpha value is -2.52. The fourth-order valence-corrected chi connectivity index (χ4v) is 4.65. The van der Waals surface area contributed by atoms with E-state index < -0.39 is 11.7 Å². The van der Waals surface area contributed by atoms with E-state index in [1.165, 1.54) is 6.20 Å². The van der Waals surface area contributed by atoms with Gasteiger partial charge in [-0.25, -0.2) is 14.3 Å². The highest BCUT2D eigenvalue weighted by Gasteiger charge is 2.61. The quantitative estimate of drug-likeness (QED) is 0.721. The molecule has 0 bridgehead atoms. The van der Waals surface area contributed by atoms with Crippen molar-refractivity contribution in [3.63, 3.8) is 0 Å². The lowest BCUT2D eigenvalue weighted by atomic mass is 10.1. The van der Waals surface area contributed by atoms with Crippen LogP contribution >= 0.6 is 0 Å². The molecule has 9 nitrogen and oxygen atoms in total. The largest absolute Gasteiger partial charge is 0.462 e. The van der Waals surface area contributed by atoms with Crippen LogP contribution in [0.1, 0.15) is 35.7 Å². The minimum atomic E-state index is -0.433. The Labute approximate surface area is 155 Å². The second-order valence-electron chi connectivity index (χ2n) is 7.19. The summed E-state index contributed by atoms with van der Waals surface area (Å²) in [6, 6.07) is 0.0795. The molecule has 3 fully saturated rings. The van der Waals surface area contributed by atoms with E-state index in [1.54, 1.807) is 17.6 Å². The predicted molar refractivity (Wildman–Crippen MR) is 92.8 cm³/mol. The van der Waals surface area contributed by atoms with Crippen LogP contribution in [0.5, 0.6) is 0 Å². The van der Waals surface area contributed by atoms with Crippen molar-refractivity contribution in [2.45, 2.75) is 38.1 Å². The fraction of sp³-hybridized carbons (Fsp3) is 0.556. The van der Waals surface area contributed by atoms with Crippen LogP contribution in [0.15, 0.2) is 18.6 Å². The van der Waals surface area contributed by atoms with Crippen LogP contribution in [0.4, 0.5) is 0 Å². The summed E-state index contributed by atoms with van der Waals surface area (Å²) in [5.74, 6) is -0.237. The summed E-state index contributed by atoms with van der Waals surface area (Å²) in [4.78, 5) is 32.9. The van der Waals surface area contributed by atoms with Gasteiger partial charge in [0.15, 0.2) is 11.4 Å². The zero-order valence-corrected chi connectivity index (χ0v) is 15.1. The standard InChI is InChI=1S/C18H21N5O4/c1-2-26-17(25)13-9-20-23-11-12(8-19-16(13)23)10-21-4-3-18-14(21)7-15(24)22(18)5-6-27-18/h8-9,11,14H,2-7,10H2,1H3/t14-,18+/m1/s1. The Bertz CT molecular complexity index is 928.